The number of hydrogen-bond donors (Lipinski definition) is 0. The molecule has 0 aliphatic carbocycles. The van der Waals surface area contributed by atoms with Crippen molar-refractivity contribution in [1.29, 1.82) is 0 Å². The van der Waals surface area contributed by atoms with Gasteiger partial charge in [0, 0.05) is 26.1 Å². The predicted octanol–water partition coefficient (Wildman–Crippen LogP) is 3.06. The number of likely N-dealkylation sites (tertiary alicyclic amines) is 2. The molecule has 0 aromatic carbocycles. The number of rotatable bonds is 2. The van der Waals surface area contributed by atoms with Gasteiger partial charge in [0.15, 0.2) is 0 Å². The second-order valence-electron chi connectivity index (χ2n) is 6.48. The second kappa shape index (κ2) is 6.03. The highest BCUT2D eigenvalue weighted by atomic mass is 32.1. The molecule has 3 heterocycles. The number of hydrogen-bond acceptors (Lipinski definition) is 3. The topological polar surface area (TPSA) is 40.6 Å². The number of amides is 2. The average Bonchev–Trinajstić information content (AvgIpc) is 2.93. The quantitative estimate of drug-likeness (QED) is 0.840. The fraction of sp³-hybridized carbons (Fsp3) is 0.647. The Kier molecular flexibility index (Phi) is 4.26. The number of aryl methyl sites for hydroxylation is 1. The lowest BCUT2D eigenvalue weighted by Crippen LogP contribution is -2.63. The normalized spacial score (nSPS) is 25.8. The van der Waals surface area contributed by atoms with E-state index in [1.807, 2.05) is 28.2 Å². The lowest BCUT2D eigenvalue weighted by atomic mass is 9.79. The van der Waals surface area contributed by atoms with Crippen molar-refractivity contribution in [2.75, 3.05) is 19.6 Å². The smallest absolute Gasteiger partial charge is 0.264 e. The maximum atomic E-state index is 12.8. The van der Waals surface area contributed by atoms with Crippen molar-refractivity contribution in [1.82, 2.24) is 9.80 Å². The fourth-order valence-corrected chi connectivity index (χ4v) is 4.95. The Bertz CT molecular complexity index is 579. The lowest BCUT2D eigenvalue weighted by Gasteiger charge is -2.51. The highest BCUT2D eigenvalue weighted by Crippen LogP contribution is 2.37. The summed E-state index contributed by atoms with van der Waals surface area (Å²) >= 11 is 1.52. The van der Waals surface area contributed by atoms with E-state index in [9.17, 15) is 9.59 Å². The standard InChI is InChI=1S/C17H24N2O2S/c1-3-19-14(20)6-4-8-17(19)9-5-10-18(12-17)16(21)15-13(2)7-11-22-15/h7,11H,3-6,8-10,12H2,1-2H3/t17-/m1/s1. The minimum absolute atomic E-state index is 0.122. The summed E-state index contributed by atoms with van der Waals surface area (Å²) in [6.45, 7) is 6.30. The molecule has 5 heteroatoms. The summed E-state index contributed by atoms with van der Waals surface area (Å²) < 4.78 is 0. The SMILES string of the molecule is CCN1C(=O)CCC[C@]12CCCN(C(=O)c1sccc1C)C2. The van der Waals surface area contributed by atoms with E-state index in [1.165, 1.54) is 11.3 Å². The van der Waals surface area contributed by atoms with Gasteiger partial charge in [0.1, 0.15) is 0 Å². The molecular formula is C17H24N2O2S. The Hall–Kier alpha value is -1.36. The third-order valence-electron chi connectivity index (χ3n) is 5.12. The zero-order valence-corrected chi connectivity index (χ0v) is 14.2. The second-order valence-corrected chi connectivity index (χ2v) is 7.40. The summed E-state index contributed by atoms with van der Waals surface area (Å²) in [5.41, 5.74) is 0.935. The molecule has 120 valence electrons. The van der Waals surface area contributed by atoms with Crippen LogP contribution in [-0.4, -0.2) is 46.8 Å². The van der Waals surface area contributed by atoms with Crippen molar-refractivity contribution < 1.29 is 9.59 Å². The van der Waals surface area contributed by atoms with Gasteiger partial charge in [0.2, 0.25) is 5.91 Å². The third kappa shape index (κ3) is 2.56. The van der Waals surface area contributed by atoms with Gasteiger partial charge >= 0.3 is 0 Å². The van der Waals surface area contributed by atoms with Crippen molar-refractivity contribution in [3.8, 4) is 0 Å². The molecule has 0 bridgehead atoms. The third-order valence-corrected chi connectivity index (χ3v) is 6.13. The van der Waals surface area contributed by atoms with E-state index in [2.05, 4.69) is 6.92 Å². The van der Waals surface area contributed by atoms with Gasteiger partial charge in [-0.1, -0.05) is 0 Å². The first kappa shape index (κ1) is 15.5. The molecule has 0 unspecified atom stereocenters. The van der Waals surface area contributed by atoms with E-state index in [0.29, 0.717) is 13.0 Å². The average molecular weight is 320 g/mol. The highest BCUT2D eigenvalue weighted by Gasteiger charge is 2.45. The first-order valence-electron chi connectivity index (χ1n) is 8.21. The monoisotopic (exact) mass is 320 g/mol. The van der Waals surface area contributed by atoms with Crippen LogP contribution in [-0.2, 0) is 4.79 Å². The van der Waals surface area contributed by atoms with Gasteiger partial charge < -0.3 is 9.80 Å². The van der Waals surface area contributed by atoms with Crippen molar-refractivity contribution in [3.05, 3.63) is 21.9 Å². The number of likely N-dealkylation sites (N-methyl/N-ethyl adjacent to an activating group) is 1. The maximum Gasteiger partial charge on any atom is 0.264 e. The molecule has 2 fully saturated rings. The molecular weight excluding hydrogens is 296 g/mol. The van der Waals surface area contributed by atoms with Crippen LogP contribution in [0, 0.1) is 6.92 Å². The first-order valence-corrected chi connectivity index (χ1v) is 9.09. The molecule has 22 heavy (non-hydrogen) atoms. The van der Waals surface area contributed by atoms with Gasteiger partial charge in [-0.15, -0.1) is 11.3 Å². The highest BCUT2D eigenvalue weighted by molar-refractivity contribution is 7.12. The number of carbonyl (C=O) groups excluding carboxylic acids is 2. The minimum atomic E-state index is -0.122. The van der Waals surface area contributed by atoms with Gasteiger partial charge in [-0.25, -0.2) is 0 Å². The van der Waals surface area contributed by atoms with Crippen LogP contribution in [0.25, 0.3) is 0 Å². The molecule has 0 N–H and O–H groups in total. The Balaban J connectivity index is 1.83. The van der Waals surface area contributed by atoms with E-state index >= 15 is 0 Å². The molecule has 1 atom stereocenters. The molecule has 4 nitrogen and oxygen atoms in total. The summed E-state index contributed by atoms with van der Waals surface area (Å²) in [7, 11) is 0. The van der Waals surface area contributed by atoms with E-state index in [0.717, 1.165) is 49.2 Å². The maximum absolute atomic E-state index is 12.8. The van der Waals surface area contributed by atoms with Crippen LogP contribution in [0.15, 0.2) is 11.4 Å². The van der Waals surface area contributed by atoms with E-state index in [1.54, 1.807) is 0 Å². The van der Waals surface area contributed by atoms with Gasteiger partial charge in [0.05, 0.1) is 10.4 Å². The molecule has 2 aliphatic heterocycles. The van der Waals surface area contributed by atoms with Crippen molar-refractivity contribution >= 4 is 23.2 Å². The molecule has 0 saturated carbocycles. The molecule has 1 spiro atoms. The number of carbonyl (C=O) groups is 2. The largest absolute Gasteiger partial charge is 0.336 e. The summed E-state index contributed by atoms with van der Waals surface area (Å²) in [5.74, 6) is 0.399. The van der Waals surface area contributed by atoms with Gasteiger partial charge in [0.25, 0.3) is 5.91 Å². The lowest BCUT2D eigenvalue weighted by molar-refractivity contribution is -0.144. The zero-order chi connectivity index (χ0) is 15.7. The molecule has 2 saturated heterocycles. The van der Waals surface area contributed by atoms with Gasteiger partial charge in [-0.3, -0.25) is 9.59 Å². The van der Waals surface area contributed by atoms with Crippen LogP contribution in [0.1, 0.15) is 54.3 Å². The van der Waals surface area contributed by atoms with Crippen LogP contribution in [0.4, 0.5) is 0 Å². The van der Waals surface area contributed by atoms with Crippen LogP contribution in [0.5, 0.6) is 0 Å². The number of nitrogens with zero attached hydrogens (tertiary/aromatic N) is 2. The zero-order valence-electron chi connectivity index (χ0n) is 13.4. The van der Waals surface area contributed by atoms with Gasteiger partial charge in [-0.2, -0.15) is 0 Å². The predicted molar refractivity (Wildman–Crippen MR) is 88.2 cm³/mol. The molecule has 2 aliphatic rings. The van der Waals surface area contributed by atoms with Crippen LogP contribution < -0.4 is 0 Å². The summed E-state index contributed by atoms with van der Waals surface area (Å²) in [4.78, 5) is 30.0. The molecule has 3 rings (SSSR count). The van der Waals surface area contributed by atoms with E-state index < -0.39 is 0 Å². The fourth-order valence-electron chi connectivity index (χ4n) is 4.06. The number of thiophene rings is 1. The van der Waals surface area contributed by atoms with Crippen LogP contribution >= 0.6 is 11.3 Å². The molecule has 1 aromatic heterocycles. The molecule has 0 radical (unpaired) electrons. The number of piperidine rings is 2. The van der Waals surface area contributed by atoms with Crippen LogP contribution in [0.2, 0.25) is 0 Å². The Morgan fingerprint density at radius 1 is 1.36 bits per heavy atom. The molecule has 2 amide bonds. The van der Waals surface area contributed by atoms with Crippen molar-refractivity contribution in [2.24, 2.45) is 0 Å². The van der Waals surface area contributed by atoms with Crippen molar-refractivity contribution in [2.45, 2.75) is 51.5 Å². The summed E-state index contributed by atoms with van der Waals surface area (Å²) in [6, 6.07) is 2.00. The Morgan fingerprint density at radius 3 is 2.82 bits per heavy atom. The van der Waals surface area contributed by atoms with Gasteiger partial charge in [-0.05, 0) is 56.5 Å². The van der Waals surface area contributed by atoms with Crippen LogP contribution in [0.3, 0.4) is 0 Å². The first-order chi connectivity index (χ1) is 10.6. The summed E-state index contributed by atoms with van der Waals surface area (Å²) in [6.07, 6.45) is 4.66. The van der Waals surface area contributed by atoms with Crippen molar-refractivity contribution in [3.63, 3.8) is 0 Å². The van der Waals surface area contributed by atoms with E-state index in [-0.39, 0.29) is 17.4 Å². The Labute approximate surface area is 136 Å². The minimum Gasteiger partial charge on any atom is -0.336 e. The van der Waals surface area contributed by atoms with E-state index in [4.69, 9.17) is 0 Å². The Morgan fingerprint density at radius 2 is 2.14 bits per heavy atom. The molecule has 1 aromatic rings. The summed E-state index contributed by atoms with van der Waals surface area (Å²) in [5, 5.41) is 1.98.